The average Bonchev–Trinajstić information content (AvgIpc) is 2.74. The Morgan fingerprint density at radius 3 is 2.17 bits per heavy atom. The lowest BCUT2D eigenvalue weighted by atomic mass is 9.95. The van der Waals surface area contributed by atoms with E-state index in [2.05, 4.69) is 10.5 Å². The first kappa shape index (κ1) is 20.2. The predicted octanol–water partition coefficient (Wildman–Crippen LogP) is 2.53. The van der Waals surface area contributed by atoms with E-state index in [0.29, 0.717) is 37.1 Å². The smallest absolute Gasteiger partial charge is 0.335 e. The van der Waals surface area contributed by atoms with Crippen molar-refractivity contribution in [1.82, 2.24) is 10.3 Å². The van der Waals surface area contributed by atoms with E-state index < -0.39 is 11.8 Å². The number of carboxylic acid groups (broad SMARTS) is 1. The van der Waals surface area contributed by atoms with Crippen molar-refractivity contribution in [3.63, 3.8) is 0 Å². The molecule has 0 unspecified atom stereocenters. The Labute approximate surface area is 166 Å². The number of carbonyl (C=O) groups excluding carboxylic acids is 2. The van der Waals surface area contributed by atoms with Crippen LogP contribution in [0.1, 0.15) is 39.1 Å². The third-order valence-electron chi connectivity index (χ3n) is 4.79. The number of nitrogens with one attached hydrogen (secondary N) is 1. The number of hydrazone groups is 1. The molecule has 3 rings (SSSR count). The molecule has 1 aliphatic heterocycles. The molecular weight excluding hydrogens is 377 g/mol. The van der Waals surface area contributed by atoms with Gasteiger partial charge < -0.3 is 10.0 Å². The van der Waals surface area contributed by atoms with Crippen LogP contribution >= 0.6 is 0 Å². The lowest BCUT2D eigenvalue weighted by molar-refractivity contribution is -0.126. The Kier molecular flexibility index (Phi) is 6.33. The molecule has 0 bridgehead atoms. The van der Waals surface area contributed by atoms with E-state index in [4.69, 9.17) is 5.11 Å². The maximum absolute atomic E-state index is 13.0. The molecule has 150 valence electrons. The third-order valence-corrected chi connectivity index (χ3v) is 4.79. The van der Waals surface area contributed by atoms with Gasteiger partial charge in [0, 0.05) is 24.6 Å². The Morgan fingerprint density at radius 2 is 1.59 bits per heavy atom. The number of hydrogen-bond acceptors (Lipinski definition) is 4. The maximum Gasteiger partial charge on any atom is 0.335 e. The van der Waals surface area contributed by atoms with Gasteiger partial charge in [0.2, 0.25) is 5.91 Å². The van der Waals surface area contributed by atoms with Crippen molar-refractivity contribution in [3.8, 4) is 0 Å². The summed E-state index contributed by atoms with van der Waals surface area (Å²) in [5.74, 6) is -2.05. The summed E-state index contributed by atoms with van der Waals surface area (Å²) in [7, 11) is 0. The molecule has 1 fully saturated rings. The van der Waals surface area contributed by atoms with Crippen LogP contribution in [0.4, 0.5) is 4.39 Å². The zero-order valence-electron chi connectivity index (χ0n) is 15.5. The number of hydrogen-bond donors (Lipinski definition) is 2. The van der Waals surface area contributed by atoms with Gasteiger partial charge in [-0.2, -0.15) is 5.10 Å². The minimum Gasteiger partial charge on any atom is -0.478 e. The first-order chi connectivity index (χ1) is 13.9. The molecule has 1 saturated heterocycles. The fourth-order valence-electron chi connectivity index (χ4n) is 3.09. The molecule has 0 aliphatic carbocycles. The molecule has 2 aromatic rings. The van der Waals surface area contributed by atoms with Gasteiger partial charge in [0.25, 0.3) is 5.91 Å². The summed E-state index contributed by atoms with van der Waals surface area (Å²) in [6, 6.07) is 11.5. The van der Waals surface area contributed by atoms with Crippen LogP contribution in [0, 0.1) is 11.7 Å². The minimum absolute atomic E-state index is 0.174. The van der Waals surface area contributed by atoms with Crippen molar-refractivity contribution in [2.75, 3.05) is 13.1 Å². The van der Waals surface area contributed by atoms with E-state index in [-0.39, 0.29) is 23.3 Å². The maximum atomic E-state index is 13.0. The summed E-state index contributed by atoms with van der Waals surface area (Å²) in [5, 5.41) is 12.8. The lowest BCUT2D eigenvalue weighted by Crippen LogP contribution is -2.42. The molecule has 0 atom stereocenters. The number of nitrogens with zero attached hydrogens (tertiary/aromatic N) is 2. The van der Waals surface area contributed by atoms with Crippen LogP contribution in [0.5, 0.6) is 0 Å². The van der Waals surface area contributed by atoms with Crippen molar-refractivity contribution in [2.45, 2.75) is 12.8 Å². The summed E-state index contributed by atoms with van der Waals surface area (Å²) in [6.07, 6.45) is 2.47. The summed E-state index contributed by atoms with van der Waals surface area (Å²) >= 11 is 0. The lowest BCUT2D eigenvalue weighted by Gasteiger charge is -2.31. The third kappa shape index (κ3) is 5.25. The molecule has 0 spiro atoms. The SMILES string of the molecule is O=C(O)c1ccc(C=NNC(=O)C2CCN(C(=O)c3ccc(F)cc3)CC2)cc1. The van der Waals surface area contributed by atoms with Crippen molar-refractivity contribution in [3.05, 3.63) is 71.0 Å². The highest BCUT2D eigenvalue weighted by atomic mass is 19.1. The van der Waals surface area contributed by atoms with Gasteiger partial charge in [-0.1, -0.05) is 12.1 Å². The Balaban J connectivity index is 1.47. The first-order valence-corrected chi connectivity index (χ1v) is 9.15. The molecule has 2 aromatic carbocycles. The summed E-state index contributed by atoms with van der Waals surface area (Å²) in [5.41, 5.74) is 3.75. The van der Waals surface area contributed by atoms with E-state index in [1.807, 2.05) is 0 Å². The van der Waals surface area contributed by atoms with E-state index >= 15 is 0 Å². The van der Waals surface area contributed by atoms with Gasteiger partial charge in [0.1, 0.15) is 5.82 Å². The largest absolute Gasteiger partial charge is 0.478 e. The number of carbonyl (C=O) groups is 3. The van der Waals surface area contributed by atoms with Gasteiger partial charge in [0.15, 0.2) is 0 Å². The molecule has 0 saturated carbocycles. The van der Waals surface area contributed by atoms with Crippen molar-refractivity contribution >= 4 is 24.0 Å². The van der Waals surface area contributed by atoms with E-state index in [1.165, 1.54) is 42.6 Å². The van der Waals surface area contributed by atoms with Crippen LogP contribution in [0.15, 0.2) is 53.6 Å². The monoisotopic (exact) mass is 397 g/mol. The van der Waals surface area contributed by atoms with Gasteiger partial charge in [-0.25, -0.2) is 14.6 Å². The zero-order valence-corrected chi connectivity index (χ0v) is 15.5. The highest BCUT2D eigenvalue weighted by Gasteiger charge is 2.27. The topological polar surface area (TPSA) is 99.1 Å². The fourth-order valence-corrected chi connectivity index (χ4v) is 3.09. The van der Waals surface area contributed by atoms with Gasteiger partial charge in [-0.15, -0.1) is 0 Å². The number of carboxylic acids is 1. The number of piperidine rings is 1. The second-order valence-electron chi connectivity index (χ2n) is 6.73. The van der Waals surface area contributed by atoms with Crippen LogP contribution < -0.4 is 5.43 Å². The molecule has 1 aliphatic rings. The molecule has 0 aromatic heterocycles. The number of rotatable bonds is 5. The van der Waals surface area contributed by atoms with Crippen molar-refractivity contribution in [2.24, 2.45) is 11.0 Å². The van der Waals surface area contributed by atoms with Gasteiger partial charge >= 0.3 is 5.97 Å². The number of aromatic carboxylic acids is 1. The minimum atomic E-state index is -1.01. The molecule has 0 radical (unpaired) electrons. The predicted molar refractivity (Wildman–Crippen MR) is 104 cm³/mol. The molecule has 2 N–H and O–H groups in total. The quantitative estimate of drug-likeness (QED) is 0.598. The second kappa shape index (κ2) is 9.09. The van der Waals surface area contributed by atoms with Crippen molar-refractivity contribution < 1.29 is 23.9 Å². The van der Waals surface area contributed by atoms with Gasteiger partial charge in [0.05, 0.1) is 11.8 Å². The Bertz CT molecular complexity index is 918. The average molecular weight is 397 g/mol. The van der Waals surface area contributed by atoms with E-state index in [0.717, 1.165) is 0 Å². The zero-order chi connectivity index (χ0) is 20.8. The van der Waals surface area contributed by atoms with Crippen LogP contribution in [-0.4, -0.2) is 47.1 Å². The molecular formula is C21H20FN3O4. The Hall–Kier alpha value is -3.55. The molecule has 29 heavy (non-hydrogen) atoms. The van der Waals surface area contributed by atoms with Crippen LogP contribution in [0.3, 0.4) is 0 Å². The van der Waals surface area contributed by atoms with Gasteiger partial charge in [-0.3, -0.25) is 9.59 Å². The van der Waals surface area contributed by atoms with Gasteiger partial charge in [-0.05, 0) is 54.8 Å². The van der Waals surface area contributed by atoms with Crippen LogP contribution in [0.25, 0.3) is 0 Å². The highest BCUT2D eigenvalue weighted by Crippen LogP contribution is 2.19. The molecule has 7 nitrogen and oxygen atoms in total. The molecule has 2 amide bonds. The van der Waals surface area contributed by atoms with Crippen LogP contribution in [0.2, 0.25) is 0 Å². The fraction of sp³-hybridized carbons (Fsp3) is 0.238. The van der Waals surface area contributed by atoms with Crippen molar-refractivity contribution in [1.29, 1.82) is 0 Å². The number of halogens is 1. The number of benzene rings is 2. The molecule has 1 heterocycles. The Morgan fingerprint density at radius 1 is 1.00 bits per heavy atom. The summed E-state index contributed by atoms with van der Waals surface area (Å²) in [4.78, 5) is 37.2. The van der Waals surface area contributed by atoms with E-state index in [1.54, 1.807) is 17.0 Å². The highest BCUT2D eigenvalue weighted by molar-refractivity contribution is 5.94. The first-order valence-electron chi connectivity index (χ1n) is 9.15. The number of amides is 2. The normalized spacial score (nSPS) is 14.7. The standard InChI is InChI=1S/C21H20FN3O4/c22-18-7-5-16(6-8-18)20(27)25-11-9-15(10-12-25)19(26)24-23-13-14-1-3-17(4-2-14)21(28)29/h1-8,13,15H,9-12H2,(H,24,26)(H,28,29). The van der Waals surface area contributed by atoms with E-state index in [9.17, 15) is 18.8 Å². The summed E-state index contributed by atoms with van der Waals surface area (Å²) in [6.45, 7) is 0.878. The molecule has 8 heteroatoms. The number of likely N-dealkylation sites (tertiary alicyclic amines) is 1. The summed E-state index contributed by atoms with van der Waals surface area (Å²) < 4.78 is 13.0. The van der Waals surface area contributed by atoms with Crippen LogP contribution in [-0.2, 0) is 4.79 Å². The second-order valence-corrected chi connectivity index (χ2v) is 6.73.